The largest absolute Gasteiger partial charge is 0.419 e. The maximum absolute atomic E-state index is 12.3. The molecule has 5 nitrogen and oxygen atoms in total. The third-order valence-electron chi connectivity index (χ3n) is 3.26. The van der Waals surface area contributed by atoms with Gasteiger partial charge in [0.15, 0.2) is 5.58 Å². The van der Waals surface area contributed by atoms with E-state index in [2.05, 4.69) is 5.32 Å². The minimum Gasteiger partial charge on any atom is -0.408 e. The highest BCUT2D eigenvalue weighted by atomic mass is 35.5. The van der Waals surface area contributed by atoms with Crippen molar-refractivity contribution in [2.75, 3.05) is 5.32 Å². The number of hydrogen-bond acceptors (Lipinski definition) is 3. The van der Waals surface area contributed by atoms with Crippen LogP contribution >= 0.6 is 23.2 Å². The lowest BCUT2D eigenvalue weighted by atomic mass is 10.2. The Morgan fingerprint density at radius 2 is 1.86 bits per heavy atom. The highest BCUT2D eigenvalue weighted by molar-refractivity contribution is 6.40. The monoisotopic (exact) mass is 336 g/mol. The molecule has 0 saturated heterocycles. The van der Waals surface area contributed by atoms with Gasteiger partial charge in [0, 0.05) is 12.6 Å². The number of aryl methyl sites for hydroxylation is 1. The van der Waals surface area contributed by atoms with Crippen molar-refractivity contribution >= 4 is 45.9 Å². The van der Waals surface area contributed by atoms with Crippen molar-refractivity contribution in [3.05, 3.63) is 62.6 Å². The summed E-state index contributed by atoms with van der Waals surface area (Å²) >= 11 is 12.0. The first-order valence-corrected chi connectivity index (χ1v) is 7.08. The highest BCUT2D eigenvalue weighted by Gasteiger charge is 2.14. The van der Waals surface area contributed by atoms with Crippen LogP contribution in [0.3, 0.4) is 0 Å². The lowest BCUT2D eigenvalue weighted by Crippen LogP contribution is -2.12. The molecular formula is C15H10Cl2N2O3. The Morgan fingerprint density at radius 1 is 1.18 bits per heavy atom. The number of carbonyl (C=O) groups is 1. The van der Waals surface area contributed by atoms with E-state index in [1.807, 2.05) is 0 Å². The number of hydrogen-bond donors (Lipinski definition) is 1. The number of carbonyl (C=O) groups excluding carboxylic acids is 1. The van der Waals surface area contributed by atoms with Crippen LogP contribution in [0, 0.1) is 0 Å². The number of anilines is 1. The summed E-state index contributed by atoms with van der Waals surface area (Å²) in [6.07, 6.45) is 0. The number of rotatable bonds is 2. The zero-order valence-electron chi connectivity index (χ0n) is 11.4. The highest BCUT2D eigenvalue weighted by Crippen LogP contribution is 2.30. The Morgan fingerprint density at radius 3 is 2.55 bits per heavy atom. The maximum atomic E-state index is 12.3. The fourth-order valence-electron chi connectivity index (χ4n) is 2.08. The second kappa shape index (κ2) is 5.51. The van der Waals surface area contributed by atoms with Crippen LogP contribution in [0.5, 0.6) is 0 Å². The summed E-state index contributed by atoms with van der Waals surface area (Å²) in [5.41, 5.74) is 1.62. The molecule has 0 unspecified atom stereocenters. The van der Waals surface area contributed by atoms with Crippen molar-refractivity contribution in [2.24, 2.45) is 7.05 Å². The minimum absolute atomic E-state index is 0.331. The predicted molar refractivity (Wildman–Crippen MR) is 85.9 cm³/mol. The molecule has 0 aliphatic rings. The fourth-order valence-corrected chi connectivity index (χ4v) is 2.57. The smallest absolute Gasteiger partial charge is 0.408 e. The molecule has 0 aliphatic heterocycles. The molecule has 1 heterocycles. The molecule has 0 atom stereocenters. The van der Waals surface area contributed by atoms with Gasteiger partial charge in [-0.3, -0.25) is 9.36 Å². The first-order valence-electron chi connectivity index (χ1n) is 6.32. The van der Waals surface area contributed by atoms with Crippen LogP contribution < -0.4 is 11.1 Å². The standard InChI is InChI=1S/C15H10Cl2N2O3/c1-19-11-6-5-8(7-12(11)22-15(19)21)14(20)18-13-9(16)3-2-4-10(13)17/h2-7H,1H3,(H,18,20). The third-order valence-corrected chi connectivity index (χ3v) is 3.89. The molecular weight excluding hydrogens is 327 g/mol. The second-order valence-corrected chi connectivity index (χ2v) is 5.47. The number of fused-ring (bicyclic) bond motifs is 1. The van der Waals surface area contributed by atoms with Crippen molar-refractivity contribution in [3.63, 3.8) is 0 Å². The summed E-state index contributed by atoms with van der Waals surface area (Å²) in [7, 11) is 1.59. The van der Waals surface area contributed by atoms with Crippen molar-refractivity contribution in [1.82, 2.24) is 4.57 Å². The van der Waals surface area contributed by atoms with Crippen LogP contribution in [0.2, 0.25) is 10.0 Å². The van der Waals surface area contributed by atoms with Gasteiger partial charge in [-0.2, -0.15) is 0 Å². The summed E-state index contributed by atoms with van der Waals surface area (Å²) < 4.78 is 6.43. The molecule has 3 rings (SSSR count). The van der Waals surface area contributed by atoms with Gasteiger partial charge in [-0.1, -0.05) is 29.3 Å². The normalized spacial score (nSPS) is 10.9. The van der Waals surface area contributed by atoms with Gasteiger partial charge < -0.3 is 9.73 Å². The number of nitrogens with zero attached hydrogens (tertiary/aromatic N) is 1. The summed E-state index contributed by atoms with van der Waals surface area (Å²) in [6, 6.07) is 9.67. The molecule has 1 amide bonds. The van der Waals surface area contributed by atoms with E-state index in [0.717, 1.165) is 0 Å². The van der Waals surface area contributed by atoms with E-state index in [1.54, 1.807) is 37.4 Å². The van der Waals surface area contributed by atoms with Crippen LogP contribution in [-0.4, -0.2) is 10.5 Å². The SMILES string of the molecule is Cn1c(=O)oc2cc(C(=O)Nc3c(Cl)cccc3Cl)ccc21. The van der Waals surface area contributed by atoms with E-state index >= 15 is 0 Å². The summed E-state index contributed by atoms with van der Waals surface area (Å²) in [5, 5.41) is 3.33. The number of benzene rings is 2. The van der Waals surface area contributed by atoms with Gasteiger partial charge in [0.25, 0.3) is 5.91 Å². The lowest BCUT2D eigenvalue weighted by molar-refractivity contribution is 0.102. The van der Waals surface area contributed by atoms with Crippen LogP contribution in [0.4, 0.5) is 5.69 Å². The molecule has 2 aromatic carbocycles. The predicted octanol–water partition coefficient (Wildman–Crippen LogP) is 3.69. The van der Waals surface area contributed by atoms with Crippen LogP contribution in [0.25, 0.3) is 11.1 Å². The molecule has 3 aromatic rings. The third kappa shape index (κ3) is 2.49. The van der Waals surface area contributed by atoms with Crippen molar-refractivity contribution in [2.45, 2.75) is 0 Å². The second-order valence-electron chi connectivity index (χ2n) is 4.66. The van der Waals surface area contributed by atoms with Gasteiger partial charge in [0.1, 0.15) is 0 Å². The molecule has 112 valence electrons. The summed E-state index contributed by atoms with van der Waals surface area (Å²) in [4.78, 5) is 23.8. The summed E-state index contributed by atoms with van der Waals surface area (Å²) in [6.45, 7) is 0. The van der Waals surface area contributed by atoms with Crippen molar-refractivity contribution in [1.29, 1.82) is 0 Å². The number of aromatic nitrogens is 1. The van der Waals surface area contributed by atoms with Crippen LogP contribution in [0.1, 0.15) is 10.4 Å². The van der Waals surface area contributed by atoms with Gasteiger partial charge in [0.05, 0.1) is 21.2 Å². The molecule has 1 N–H and O–H groups in total. The topological polar surface area (TPSA) is 64.2 Å². The number of halogens is 2. The Hall–Kier alpha value is -2.24. The molecule has 22 heavy (non-hydrogen) atoms. The Kier molecular flexibility index (Phi) is 3.68. The van der Waals surface area contributed by atoms with Gasteiger partial charge in [-0.25, -0.2) is 4.79 Å². The van der Waals surface area contributed by atoms with Crippen molar-refractivity contribution in [3.8, 4) is 0 Å². The fraction of sp³-hybridized carbons (Fsp3) is 0.0667. The van der Waals surface area contributed by atoms with Gasteiger partial charge in [0.2, 0.25) is 0 Å². The first-order chi connectivity index (χ1) is 10.5. The van der Waals surface area contributed by atoms with Crippen molar-refractivity contribution < 1.29 is 9.21 Å². The molecule has 0 saturated carbocycles. The Balaban J connectivity index is 1.97. The van der Waals surface area contributed by atoms with E-state index in [-0.39, 0.29) is 0 Å². The molecule has 1 aromatic heterocycles. The van der Waals surface area contributed by atoms with E-state index in [9.17, 15) is 9.59 Å². The molecule has 0 fully saturated rings. The zero-order valence-corrected chi connectivity index (χ0v) is 12.9. The number of para-hydroxylation sites is 1. The molecule has 0 radical (unpaired) electrons. The zero-order chi connectivity index (χ0) is 15.9. The van der Waals surface area contributed by atoms with Gasteiger partial charge in [-0.15, -0.1) is 0 Å². The number of oxazole rings is 1. The molecule has 0 bridgehead atoms. The molecule has 0 spiro atoms. The van der Waals surface area contributed by atoms with E-state index < -0.39 is 11.7 Å². The van der Waals surface area contributed by atoms with E-state index in [0.29, 0.717) is 32.4 Å². The average Bonchev–Trinajstić information content (AvgIpc) is 2.77. The number of nitrogens with one attached hydrogen (secondary N) is 1. The summed E-state index contributed by atoms with van der Waals surface area (Å²) in [5.74, 6) is -0.884. The van der Waals surface area contributed by atoms with Crippen LogP contribution in [-0.2, 0) is 7.05 Å². The quantitative estimate of drug-likeness (QED) is 0.776. The maximum Gasteiger partial charge on any atom is 0.419 e. The Bertz CT molecular complexity index is 923. The minimum atomic E-state index is -0.485. The van der Waals surface area contributed by atoms with E-state index in [1.165, 1.54) is 10.6 Å². The average molecular weight is 337 g/mol. The molecule has 7 heteroatoms. The first kappa shape index (κ1) is 14.7. The Labute approximate surface area is 135 Å². The number of amides is 1. The molecule has 0 aliphatic carbocycles. The van der Waals surface area contributed by atoms with Gasteiger partial charge in [-0.05, 0) is 30.3 Å². The van der Waals surface area contributed by atoms with Gasteiger partial charge >= 0.3 is 5.76 Å². The van der Waals surface area contributed by atoms with Crippen LogP contribution in [0.15, 0.2) is 45.6 Å². The van der Waals surface area contributed by atoms with E-state index in [4.69, 9.17) is 27.6 Å². The lowest BCUT2D eigenvalue weighted by Gasteiger charge is -2.09.